The van der Waals surface area contributed by atoms with Crippen LogP contribution in [-0.4, -0.2) is 193 Å². The molecule has 17 atom stereocenters. The van der Waals surface area contributed by atoms with E-state index in [0.717, 1.165) is 51.4 Å². The van der Waals surface area contributed by atoms with E-state index in [4.69, 9.17) is 28.4 Å². The molecule has 12 N–H and O–H groups in total. The van der Waals surface area contributed by atoms with E-state index >= 15 is 0 Å². The average molecular weight is 1170 g/mol. The molecule has 0 aromatic heterocycles. The predicted molar refractivity (Wildman–Crippen MR) is 314 cm³/mol. The Hall–Kier alpha value is -2.51. The number of carbonyl (C=O) groups excluding carboxylic acids is 1. The standard InChI is InChI=1S/C63H111NO18/c1-3-5-7-9-11-13-15-16-17-18-19-20-21-22-23-24-25-26-27-28-29-30-31-33-35-37-39-41-51(69)64-46(47(68)40-38-36-34-32-14-12-10-8-6-4-2)45-77-61-57(75)54(72)59(49(43-66)79-61)82-63-58(76)55(73)60(50(44-67)80-63)81-62-56(74)53(71)52(70)48(42-65)78-62/h6,8,14-16,18-19,32,38,40,46-50,52-63,65-68,70-76H,3-5,7,9-13,17,20-31,33-37,39,41-45H2,1-2H3,(H,64,69)/b8-6+,16-15-,19-18-,32-14+,40-38+. The minimum atomic E-state index is -1.98. The minimum absolute atomic E-state index is 0.230. The van der Waals surface area contributed by atoms with E-state index in [-0.39, 0.29) is 18.9 Å². The number of aliphatic hydroxyl groups excluding tert-OH is 11. The fourth-order valence-electron chi connectivity index (χ4n) is 10.4. The molecule has 3 fully saturated rings. The van der Waals surface area contributed by atoms with Gasteiger partial charge in [0, 0.05) is 6.42 Å². The van der Waals surface area contributed by atoms with Crippen LogP contribution >= 0.6 is 0 Å². The number of allylic oxidation sites excluding steroid dienone is 9. The molecule has 0 aromatic rings. The predicted octanol–water partition coefficient (Wildman–Crippen LogP) is 6.43. The summed E-state index contributed by atoms with van der Waals surface area (Å²) in [5, 5.41) is 120. The number of unbranched alkanes of at least 4 members (excludes halogenated alkanes) is 22. The Balaban J connectivity index is 1.41. The summed E-state index contributed by atoms with van der Waals surface area (Å²) >= 11 is 0. The van der Waals surface area contributed by atoms with Gasteiger partial charge in [0.25, 0.3) is 0 Å². The molecule has 0 spiro atoms. The van der Waals surface area contributed by atoms with Crippen LogP contribution in [0.15, 0.2) is 60.8 Å². The van der Waals surface area contributed by atoms with Crippen molar-refractivity contribution in [1.82, 2.24) is 5.32 Å². The first kappa shape index (κ1) is 73.7. The number of rotatable bonds is 46. The Morgan fingerprint density at radius 2 is 0.854 bits per heavy atom. The zero-order valence-electron chi connectivity index (χ0n) is 49.7. The molecule has 0 aliphatic carbocycles. The third kappa shape index (κ3) is 28.8. The molecule has 0 aromatic carbocycles. The second kappa shape index (κ2) is 45.8. The average Bonchev–Trinajstić information content (AvgIpc) is 3.65. The van der Waals surface area contributed by atoms with Gasteiger partial charge in [-0.2, -0.15) is 0 Å². The van der Waals surface area contributed by atoms with E-state index in [9.17, 15) is 61.0 Å². The maximum Gasteiger partial charge on any atom is 0.220 e. The van der Waals surface area contributed by atoms with Crippen LogP contribution in [-0.2, 0) is 33.2 Å². The third-order valence-corrected chi connectivity index (χ3v) is 15.5. The van der Waals surface area contributed by atoms with Crippen LogP contribution in [0.4, 0.5) is 0 Å². The molecule has 17 unspecified atom stereocenters. The second-order valence-electron chi connectivity index (χ2n) is 22.5. The first-order valence-electron chi connectivity index (χ1n) is 31.5. The number of amides is 1. The Kier molecular flexibility index (Phi) is 41.2. The lowest BCUT2D eigenvalue weighted by atomic mass is 9.96. The van der Waals surface area contributed by atoms with Crippen molar-refractivity contribution >= 4 is 5.91 Å². The fraction of sp³-hybridized carbons (Fsp3) is 0.825. The quantitative estimate of drug-likeness (QED) is 0.0231. The van der Waals surface area contributed by atoms with E-state index in [1.807, 2.05) is 6.08 Å². The van der Waals surface area contributed by atoms with Crippen LogP contribution < -0.4 is 5.32 Å². The summed E-state index contributed by atoms with van der Waals surface area (Å²) in [7, 11) is 0. The molecule has 3 aliphatic rings. The van der Waals surface area contributed by atoms with Crippen LogP contribution in [0, 0.1) is 0 Å². The summed E-state index contributed by atoms with van der Waals surface area (Å²) in [6, 6.07) is -0.996. The van der Waals surface area contributed by atoms with Crippen molar-refractivity contribution in [2.45, 2.75) is 304 Å². The molecule has 476 valence electrons. The number of hydrogen-bond acceptors (Lipinski definition) is 18. The number of ether oxygens (including phenoxy) is 6. The van der Waals surface area contributed by atoms with Crippen molar-refractivity contribution in [2.24, 2.45) is 0 Å². The smallest absolute Gasteiger partial charge is 0.220 e. The molecule has 3 heterocycles. The van der Waals surface area contributed by atoms with Gasteiger partial charge in [-0.1, -0.05) is 184 Å². The highest BCUT2D eigenvalue weighted by Crippen LogP contribution is 2.33. The SMILES string of the molecule is CC/C=C/CC/C=C/CC/C=C/C(O)C(COC1OC(CO)C(OC2OC(CO)C(OC3OC(CO)C(O)C(O)C3O)C(O)C2O)C(O)C1O)NC(=O)CCCCCCCCCCCCCCCCC/C=C\C/C=C\CCCCCCC. The van der Waals surface area contributed by atoms with Crippen LogP contribution in [0.5, 0.6) is 0 Å². The van der Waals surface area contributed by atoms with Gasteiger partial charge in [-0.3, -0.25) is 4.79 Å². The molecular weight excluding hydrogens is 1060 g/mol. The normalized spacial score (nSPS) is 30.0. The van der Waals surface area contributed by atoms with Crippen LogP contribution in [0.2, 0.25) is 0 Å². The minimum Gasteiger partial charge on any atom is -0.394 e. The van der Waals surface area contributed by atoms with Crippen molar-refractivity contribution in [1.29, 1.82) is 0 Å². The second-order valence-corrected chi connectivity index (χ2v) is 22.5. The van der Waals surface area contributed by atoms with Crippen molar-refractivity contribution < 1.29 is 89.4 Å². The number of hydrogen-bond donors (Lipinski definition) is 12. The van der Waals surface area contributed by atoms with Gasteiger partial charge in [0.05, 0.1) is 38.6 Å². The van der Waals surface area contributed by atoms with Crippen molar-refractivity contribution in [3.8, 4) is 0 Å². The van der Waals surface area contributed by atoms with Gasteiger partial charge in [-0.05, 0) is 70.6 Å². The van der Waals surface area contributed by atoms with Crippen LogP contribution in [0.1, 0.15) is 200 Å². The molecule has 3 saturated heterocycles. The van der Waals surface area contributed by atoms with Gasteiger partial charge >= 0.3 is 0 Å². The number of carbonyl (C=O) groups is 1. The van der Waals surface area contributed by atoms with Crippen LogP contribution in [0.3, 0.4) is 0 Å². The van der Waals surface area contributed by atoms with Gasteiger partial charge in [-0.15, -0.1) is 0 Å². The summed E-state index contributed by atoms with van der Waals surface area (Å²) < 4.78 is 34.2. The van der Waals surface area contributed by atoms with Gasteiger partial charge in [-0.25, -0.2) is 0 Å². The van der Waals surface area contributed by atoms with E-state index in [2.05, 4.69) is 67.8 Å². The van der Waals surface area contributed by atoms with Gasteiger partial charge < -0.3 is 89.9 Å². The van der Waals surface area contributed by atoms with E-state index in [1.54, 1.807) is 6.08 Å². The monoisotopic (exact) mass is 1170 g/mol. The summed E-state index contributed by atoms with van der Waals surface area (Å²) in [5.74, 6) is -0.294. The van der Waals surface area contributed by atoms with Gasteiger partial charge in [0.1, 0.15) is 73.2 Å². The largest absolute Gasteiger partial charge is 0.394 e. The molecule has 1 amide bonds. The van der Waals surface area contributed by atoms with Crippen molar-refractivity contribution in [3.05, 3.63) is 60.8 Å². The number of nitrogens with one attached hydrogen (secondary N) is 1. The van der Waals surface area contributed by atoms with Crippen molar-refractivity contribution in [3.63, 3.8) is 0 Å². The first-order valence-corrected chi connectivity index (χ1v) is 31.5. The molecule has 0 bridgehead atoms. The van der Waals surface area contributed by atoms with E-state index in [0.29, 0.717) is 12.8 Å². The lowest BCUT2D eigenvalue weighted by Gasteiger charge is -2.48. The van der Waals surface area contributed by atoms with E-state index in [1.165, 1.54) is 116 Å². The Bertz CT molecular complexity index is 1730. The topological polar surface area (TPSA) is 307 Å². The Labute approximate surface area is 490 Å². The Morgan fingerprint density at radius 3 is 1.34 bits per heavy atom. The molecule has 0 radical (unpaired) electrons. The lowest BCUT2D eigenvalue weighted by Crippen LogP contribution is -2.66. The summed E-state index contributed by atoms with van der Waals surface area (Å²) in [5.41, 5.74) is 0. The number of aliphatic hydroxyl groups is 11. The van der Waals surface area contributed by atoms with Crippen LogP contribution in [0.25, 0.3) is 0 Å². The molecule has 19 nitrogen and oxygen atoms in total. The van der Waals surface area contributed by atoms with Gasteiger partial charge in [0.15, 0.2) is 18.9 Å². The fourth-order valence-corrected chi connectivity index (χ4v) is 10.4. The maximum absolute atomic E-state index is 13.3. The lowest BCUT2D eigenvalue weighted by molar-refractivity contribution is -0.379. The zero-order valence-corrected chi connectivity index (χ0v) is 49.7. The Morgan fingerprint density at radius 1 is 0.451 bits per heavy atom. The highest BCUT2D eigenvalue weighted by molar-refractivity contribution is 5.76. The third-order valence-electron chi connectivity index (χ3n) is 15.5. The molecule has 3 rings (SSSR count). The maximum atomic E-state index is 13.3. The summed E-state index contributed by atoms with van der Waals surface area (Å²) in [6.45, 7) is 1.54. The molecule has 0 saturated carbocycles. The van der Waals surface area contributed by atoms with Gasteiger partial charge in [0.2, 0.25) is 5.91 Å². The molecular formula is C63H111NO18. The molecule has 19 heteroatoms. The highest BCUT2D eigenvalue weighted by Gasteiger charge is 2.53. The summed E-state index contributed by atoms with van der Waals surface area (Å²) in [4.78, 5) is 13.3. The zero-order chi connectivity index (χ0) is 59.7. The van der Waals surface area contributed by atoms with E-state index < -0.39 is 124 Å². The molecule has 82 heavy (non-hydrogen) atoms. The van der Waals surface area contributed by atoms with Crippen molar-refractivity contribution in [2.75, 3.05) is 26.4 Å². The summed E-state index contributed by atoms with van der Waals surface area (Å²) in [6.07, 6.45) is 26.7. The molecule has 3 aliphatic heterocycles. The highest BCUT2D eigenvalue weighted by atomic mass is 16.8. The first-order chi connectivity index (χ1) is 39.8.